The third-order valence-corrected chi connectivity index (χ3v) is 4.08. The van der Waals surface area contributed by atoms with Gasteiger partial charge < -0.3 is 5.73 Å². The molecule has 0 saturated carbocycles. The van der Waals surface area contributed by atoms with Gasteiger partial charge in [0.05, 0.1) is 0 Å². The number of carbonyl (C=O) groups is 1. The number of halogens is 2. The quantitative estimate of drug-likeness (QED) is 0.663. The van der Waals surface area contributed by atoms with Crippen LogP contribution in [0.3, 0.4) is 0 Å². The van der Waals surface area contributed by atoms with Crippen LogP contribution in [-0.2, 0) is 0 Å². The van der Waals surface area contributed by atoms with E-state index >= 15 is 0 Å². The monoisotopic (exact) mass is 354 g/mol. The van der Waals surface area contributed by atoms with Crippen molar-refractivity contribution in [2.45, 2.75) is 0 Å². The second-order valence-corrected chi connectivity index (χ2v) is 5.11. The standard InChI is InChI=1S/C12H8Br2N2O/c13-8-5-7(10(15)6-9(8)14)12(17)11-3-1-2-4-16-11/h1-6H,15H2. The number of carbonyl (C=O) groups excluding carboxylic acids is 1. The molecule has 0 radical (unpaired) electrons. The number of hydrogen-bond donors (Lipinski definition) is 1. The molecule has 0 saturated heterocycles. The number of nitrogens with zero attached hydrogens (tertiary/aromatic N) is 1. The second-order valence-electron chi connectivity index (χ2n) is 3.40. The molecule has 0 amide bonds. The van der Waals surface area contributed by atoms with Gasteiger partial charge in [0, 0.05) is 26.4 Å². The Balaban J connectivity index is 2.48. The van der Waals surface area contributed by atoms with E-state index in [4.69, 9.17) is 5.73 Å². The van der Waals surface area contributed by atoms with Crippen LogP contribution >= 0.6 is 31.9 Å². The summed E-state index contributed by atoms with van der Waals surface area (Å²) in [6, 6.07) is 8.58. The first-order valence-electron chi connectivity index (χ1n) is 4.80. The minimum absolute atomic E-state index is 0.184. The Morgan fingerprint density at radius 1 is 1.18 bits per heavy atom. The lowest BCUT2D eigenvalue weighted by Crippen LogP contribution is -2.07. The van der Waals surface area contributed by atoms with E-state index in [1.165, 1.54) is 0 Å². The lowest BCUT2D eigenvalue weighted by Gasteiger charge is -2.06. The topological polar surface area (TPSA) is 56.0 Å². The van der Waals surface area contributed by atoms with Gasteiger partial charge in [0.2, 0.25) is 5.78 Å². The number of rotatable bonds is 2. The Morgan fingerprint density at radius 3 is 2.53 bits per heavy atom. The van der Waals surface area contributed by atoms with Crippen LogP contribution in [0.25, 0.3) is 0 Å². The van der Waals surface area contributed by atoms with Crippen LogP contribution in [-0.4, -0.2) is 10.8 Å². The summed E-state index contributed by atoms with van der Waals surface area (Å²) in [6.07, 6.45) is 1.58. The Kier molecular flexibility index (Phi) is 3.59. The predicted octanol–water partition coefficient (Wildman–Crippen LogP) is 3.42. The third-order valence-electron chi connectivity index (χ3n) is 2.23. The van der Waals surface area contributed by atoms with Crippen molar-refractivity contribution in [3.8, 4) is 0 Å². The van der Waals surface area contributed by atoms with Gasteiger partial charge >= 0.3 is 0 Å². The molecule has 0 aliphatic carbocycles. The molecule has 0 atom stereocenters. The van der Waals surface area contributed by atoms with Crippen LogP contribution in [0.15, 0.2) is 45.5 Å². The van der Waals surface area contributed by atoms with Gasteiger partial charge in [-0.15, -0.1) is 0 Å². The summed E-state index contributed by atoms with van der Waals surface area (Å²) in [5.74, 6) is -0.184. The highest BCUT2D eigenvalue weighted by atomic mass is 79.9. The van der Waals surface area contributed by atoms with Crippen LogP contribution in [0.5, 0.6) is 0 Å². The number of nitrogens with two attached hydrogens (primary N) is 1. The number of ketones is 1. The van der Waals surface area contributed by atoms with E-state index in [2.05, 4.69) is 36.8 Å². The predicted molar refractivity (Wildman–Crippen MR) is 73.9 cm³/mol. The average molecular weight is 356 g/mol. The highest BCUT2D eigenvalue weighted by molar-refractivity contribution is 9.13. The fourth-order valence-electron chi connectivity index (χ4n) is 1.39. The van der Waals surface area contributed by atoms with Gasteiger partial charge in [-0.2, -0.15) is 0 Å². The number of nitrogen functional groups attached to an aromatic ring is 1. The van der Waals surface area contributed by atoms with Crippen molar-refractivity contribution >= 4 is 43.3 Å². The van der Waals surface area contributed by atoms with Crippen LogP contribution < -0.4 is 5.73 Å². The summed E-state index contributed by atoms with van der Waals surface area (Å²) in [5, 5.41) is 0. The molecule has 0 unspecified atom stereocenters. The van der Waals surface area contributed by atoms with Crippen LogP contribution in [0.4, 0.5) is 5.69 Å². The molecular weight excluding hydrogens is 348 g/mol. The van der Waals surface area contributed by atoms with E-state index in [-0.39, 0.29) is 5.78 Å². The van der Waals surface area contributed by atoms with Gasteiger partial charge in [-0.3, -0.25) is 9.78 Å². The molecule has 0 fully saturated rings. The van der Waals surface area contributed by atoms with Crippen LogP contribution in [0.2, 0.25) is 0 Å². The Hall–Kier alpha value is -1.20. The molecule has 2 N–H and O–H groups in total. The molecule has 0 bridgehead atoms. The molecular formula is C12H8Br2N2O. The fraction of sp³-hybridized carbons (Fsp3) is 0. The van der Waals surface area contributed by atoms with Crippen molar-refractivity contribution in [3.05, 3.63) is 56.7 Å². The molecule has 0 aliphatic rings. The minimum atomic E-state index is -0.184. The molecule has 1 heterocycles. The zero-order chi connectivity index (χ0) is 12.4. The average Bonchev–Trinajstić information content (AvgIpc) is 2.34. The first kappa shape index (κ1) is 12.3. The molecule has 2 rings (SSSR count). The second kappa shape index (κ2) is 4.98. The lowest BCUT2D eigenvalue weighted by molar-refractivity contribution is 0.103. The van der Waals surface area contributed by atoms with Crippen molar-refractivity contribution in [3.63, 3.8) is 0 Å². The van der Waals surface area contributed by atoms with E-state index in [1.807, 2.05) is 0 Å². The number of hydrogen-bond acceptors (Lipinski definition) is 3. The number of benzene rings is 1. The Morgan fingerprint density at radius 2 is 1.88 bits per heavy atom. The highest BCUT2D eigenvalue weighted by Crippen LogP contribution is 2.29. The maximum absolute atomic E-state index is 12.2. The molecule has 5 heteroatoms. The van der Waals surface area contributed by atoms with Crippen molar-refractivity contribution < 1.29 is 4.79 Å². The van der Waals surface area contributed by atoms with Gasteiger partial charge in [0.1, 0.15) is 5.69 Å². The third kappa shape index (κ3) is 2.56. The number of anilines is 1. The molecule has 0 aliphatic heterocycles. The summed E-state index contributed by atoms with van der Waals surface area (Å²) in [4.78, 5) is 16.2. The number of pyridine rings is 1. The first-order chi connectivity index (χ1) is 8.09. The van der Waals surface area contributed by atoms with Gasteiger partial charge in [0.15, 0.2) is 0 Å². The fourth-order valence-corrected chi connectivity index (χ4v) is 2.10. The molecule has 2 aromatic rings. The summed E-state index contributed by atoms with van der Waals surface area (Å²) in [6.45, 7) is 0. The maximum Gasteiger partial charge on any atom is 0.213 e. The molecule has 17 heavy (non-hydrogen) atoms. The minimum Gasteiger partial charge on any atom is -0.398 e. The molecule has 3 nitrogen and oxygen atoms in total. The zero-order valence-corrected chi connectivity index (χ0v) is 11.8. The van der Waals surface area contributed by atoms with Gasteiger partial charge in [-0.1, -0.05) is 6.07 Å². The summed E-state index contributed by atoms with van der Waals surface area (Å²) >= 11 is 6.68. The van der Waals surface area contributed by atoms with Gasteiger partial charge in [0.25, 0.3) is 0 Å². The summed E-state index contributed by atoms with van der Waals surface area (Å²) in [7, 11) is 0. The smallest absolute Gasteiger partial charge is 0.213 e. The lowest BCUT2D eigenvalue weighted by atomic mass is 10.1. The Labute approximate surface area is 115 Å². The van der Waals surface area contributed by atoms with Crippen LogP contribution in [0, 0.1) is 0 Å². The normalized spacial score (nSPS) is 10.2. The Bertz CT molecular complexity index is 570. The van der Waals surface area contributed by atoms with Crippen molar-refractivity contribution in [2.75, 3.05) is 5.73 Å². The largest absolute Gasteiger partial charge is 0.398 e. The van der Waals surface area contributed by atoms with E-state index in [0.29, 0.717) is 16.9 Å². The van der Waals surface area contributed by atoms with E-state index in [1.54, 1.807) is 36.5 Å². The van der Waals surface area contributed by atoms with E-state index in [9.17, 15) is 4.79 Å². The van der Waals surface area contributed by atoms with Crippen LogP contribution in [0.1, 0.15) is 16.1 Å². The highest BCUT2D eigenvalue weighted by Gasteiger charge is 2.15. The van der Waals surface area contributed by atoms with Gasteiger partial charge in [-0.25, -0.2) is 0 Å². The number of aromatic nitrogens is 1. The molecule has 1 aromatic heterocycles. The summed E-state index contributed by atoms with van der Waals surface area (Å²) < 4.78 is 1.60. The van der Waals surface area contributed by atoms with Crippen molar-refractivity contribution in [1.29, 1.82) is 0 Å². The van der Waals surface area contributed by atoms with Crippen molar-refractivity contribution in [1.82, 2.24) is 4.98 Å². The summed E-state index contributed by atoms with van der Waals surface area (Å²) in [5.41, 5.74) is 7.08. The van der Waals surface area contributed by atoms with Gasteiger partial charge in [-0.05, 0) is 56.1 Å². The molecule has 0 spiro atoms. The first-order valence-corrected chi connectivity index (χ1v) is 6.38. The van der Waals surface area contributed by atoms with E-state index < -0.39 is 0 Å². The SMILES string of the molecule is Nc1cc(Br)c(Br)cc1C(=O)c1ccccn1. The zero-order valence-electron chi connectivity index (χ0n) is 8.65. The maximum atomic E-state index is 12.2. The van der Waals surface area contributed by atoms with E-state index in [0.717, 1.165) is 8.95 Å². The molecule has 1 aromatic carbocycles. The van der Waals surface area contributed by atoms with Crippen molar-refractivity contribution in [2.24, 2.45) is 0 Å². The molecule has 86 valence electrons.